The highest BCUT2D eigenvalue weighted by Gasteiger charge is 2.52. The van der Waals surface area contributed by atoms with Crippen molar-refractivity contribution >= 4 is 46.9 Å². The van der Waals surface area contributed by atoms with Crippen molar-refractivity contribution in [3.63, 3.8) is 0 Å². The van der Waals surface area contributed by atoms with Gasteiger partial charge in [-0.3, -0.25) is 0 Å². The Balaban J connectivity index is 1.80. The van der Waals surface area contributed by atoms with Crippen LogP contribution < -0.4 is 0 Å². The van der Waals surface area contributed by atoms with Crippen LogP contribution in [-0.2, 0) is 29.9 Å². The molecule has 1 heterocycles. The molecule has 6 atom stereocenters. The predicted octanol–water partition coefficient (Wildman–Crippen LogP) is 5.84. The van der Waals surface area contributed by atoms with E-state index in [4.69, 9.17) is 18.9 Å². The lowest BCUT2D eigenvalue weighted by Gasteiger charge is -2.43. The van der Waals surface area contributed by atoms with E-state index >= 15 is 0 Å². The fraction of sp³-hybridized carbons (Fsp3) is 0.294. The Kier molecular flexibility index (Phi) is 11.9. The predicted molar refractivity (Wildman–Crippen MR) is 175 cm³/mol. The fourth-order valence-corrected chi connectivity index (χ4v) is 5.70. The molecule has 0 amide bonds. The molecule has 3 aromatic rings. The van der Waals surface area contributed by atoms with E-state index in [-0.39, 0.29) is 16.7 Å². The highest BCUT2D eigenvalue weighted by Crippen LogP contribution is 2.35. The quantitative estimate of drug-likeness (QED) is 0.109. The van der Waals surface area contributed by atoms with Crippen molar-refractivity contribution in [1.29, 1.82) is 0 Å². The molecule has 0 bridgehead atoms. The van der Waals surface area contributed by atoms with E-state index in [9.17, 15) is 18.6 Å². The van der Waals surface area contributed by atoms with Gasteiger partial charge in [-0.25, -0.2) is 18.6 Å². The van der Waals surface area contributed by atoms with Crippen LogP contribution in [0.1, 0.15) is 51.8 Å². The van der Waals surface area contributed by atoms with Crippen molar-refractivity contribution in [2.75, 3.05) is 5.75 Å². The number of carbonyl (C=O) groups excluding carboxylic acids is 3. The number of nitrogens with zero attached hydrogens (tertiary/aromatic N) is 1. The number of ether oxygens (including phenoxy) is 4. The smallest absolute Gasteiger partial charge is 0.338 e. The highest BCUT2D eigenvalue weighted by atomic mass is 32.2. The van der Waals surface area contributed by atoms with E-state index in [0.717, 1.165) is 0 Å². The number of rotatable bonds is 11. The van der Waals surface area contributed by atoms with E-state index in [0.29, 0.717) is 5.75 Å². The van der Waals surface area contributed by atoms with Crippen LogP contribution in [0.2, 0.25) is 0 Å². The first-order valence-corrected chi connectivity index (χ1v) is 16.4. The van der Waals surface area contributed by atoms with Crippen LogP contribution in [0.5, 0.6) is 0 Å². The Hall–Kier alpha value is -4.06. The summed E-state index contributed by atoms with van der Waals surface area (Å²) in [5.41, 5.74) is -0.184. The molecule has 0 saturated carbocycles. The molecule has 11 heteroatoms. The first-order valence-electron chi connectivity index (χ1n) is 14.2. The second-order valence-electron chi connectivity index (χ2n) is 10.9. The third kappa shape index (κ3) is 9.23. The maximum absolute atomic E-state index is 13.5. The lowest BCUT2D eigenvalue weighted by Crippen LogP contribution is -2.61. The third-order valence-electron chi connectivity index (χ3n) is 6.49. The molecule has 0 aliphatic carbocycles. The average molecular weight is 650 g/mol. The van der Waals surface area contributed by atoms with Crippen LogP contribution in [0.15, 0.2) is 108 Å². The van der Waals surface area contributed by atoms with Crippen molar-refractivity contribution < 1.29 is 37.5 Å². The molecular formula is C34H35NO8S2. The second kappa shape index (κ2) is 15.8. The minimum Gasteiger partial charge on any atom is -0.451 e. The van der Waals surface area contributed by atoms with Crippen LogP contribution >= 0.6 is 11.8 Å². The lowest BCUT2D eigenvalue weighted by atomic mass is 9.99. The van der Waals surface area contributed by atoms with Gasteiger partial charge in [0, 0.05) is 12.0 Å². The van der Waals surface area contributed by atoms with Gasteiger partial charge in [0.2, 0.25) is 0 Å². The number of benzene rings is 3. The van der Waals surface area contributed by atoms with E-state index in [1.54, 1.807) is 118 Å². The summed E-state index contributed by atoms with van der Waals surface area (Å²) >= 11 is 1.24. The van der Waals surface area contributed by atoms with Gasteiger partial charge in [0.15, 0.2) is 18.3 Å². The van der Waals surface area contributed by atoms with E-state index in [2.05, 4.69) is 11.0 Å². The Bertz CT molecular complexity index is 1510. The first-order chi connectivity index (χ1) is 21.6. The average Bonchev–Trinajstić information content (AvgIpc) is 3.05. The van der Waals surface area contributed by atoms with E-state index in [1.807, 2.05) is 0 Å². The maximum Gasteiger partial charge on any atom is 0.338 e. The van der Waals surface area contributed by atoms with Crippen molar-refractivity contribution in [2.24, 2.45) is 4.40 Å². The zero-order valence-electron chi connectivity index (χ0n) is 25.1. The molecule has 1 aliphatic rings. The van der Waals surface area contributed by atoms with E-state index in [1.165, 1.54) is 18.0 Å². The normalized spacial score (nSPS) is 22.2. The summed E-state index contributed by atoms with van der Waals surface area (Å²) in [5.74, 6) is -1.77. The standard InChI is InChI=1S/C34H35NO8S2/c1-5-21-44-33-29(43-32(38)25-19-13-8-14-20-25)28(42-31(37)24-17-11-7-12-18-24)27(41-30(36)23-15-9-6-10-16-23)26(40-33)22-35-45(39)34(2,3)4/h5-20,22,26-29,33H,1,21H2,2-4H3/b35-22+/t26-,27+,28+,29-,33-,45-/m1/s1. The summed E-state index contributed by atoms with van der Waals surface area (Å²) in [6, 6.07) is 24.9. The molecule has 1 saturated heterocycles. The van der Waals surface area contributed by atoms with Gasteiger partial charge in [-0.05, 0) is 57.2 Å². The van der Waals surface area contributed by atoms with Crippen LogP contribution in [-0.4, -0.2) is 68.7 Å². The van der Waals surface area contributed by atoms with Crippen LogP contribution in [0.4, 0.5) is 0 Å². The van der Waals surface area contributed by atoms with Gasteiger partial charge >= 0.3 is 17.9 Å². The Morgan fingerprint density at radius 1 is 0.778 bits per heavy atom. The number of carbonyl (C=O) groups is 3. The molecule has 0 N–H and O–H groups in total. The minimum atomic E-state index is -1.68. The molecule has 4 rings (SSSR count). The van der Waals surface area contributed by atoms with Crippen molar-refractivity contribution in [3.8, 4) is 0 Å². The molecule has 0 spiro atoms. The summed E-state index contributed by atoms with van der Waals surface area (Å²) in [4.78, 5) is 40.3. The second-order valence-corrected chi connectivity index (χ2v) is 14.0. The zero-order valence-corrected chi connectivity index (χ0v) is 26.8. The van der Waals surface area contributed by atoms with Crippen LogP contribution in [0.3, 0.4) is 0 Å². The van der Waals surface area contributed by atoms with Crippen molar-refractivity contribution in [2.45, 2.75) is 55.4 Å². The van der Waals surface area contributed by atoms with Gasteiger partial charge in [0.25, 0.3) is 0 Å². The van der Waals surface area contributed by atoms with Crippen LogP contribution in [0.25, 0.3) is 0 Å². The van der Waals surface area contributed by atoms with Gasteiger partial charge < -0.3 is 18.9 Å². The highest BCUT2D eigenvalue weighted by molar-refractivity contribution is 7.99. The van der Waals surface area contributed by atoms with Crippen molar-refractivity contribution in [3.05, 3.63) is 120 Å². The zero-order chi connectivity index (χ0) is 32.4. The molecular weight excluding hydrogens is 615 g/mol. The topological polar surface area (TPSA) is 118 Å². The number of esters is 3. The number of thioether (sulfide) groups is 1. The molecule has 0 unspecified atom stereocenters. The summed E-state index contributed by atoms with van der Waals surface area (Å²) in [6.45, 7) is 9.07. The Morgan fingerprint density at radius 3 is 1.62 bits per heavy atom. The molecule has 1 aliphatic heterocycles. The van der Waals surface area contributed by atoms with Gasteiger partial charge in [-0.15, -0.1) is 18.3 Å². The molecule has 1 fully saturated rings. The minimum absolute atomic E-state index is 0.236. The van der Waals surface area contributed by atoms with E-state index < -0.39 is 63.5 Å². The van der Waals surface area contributed by atoms with Gasteiger partial charge in [-0.2, -0.15) is 4.40 Å². The fourth-order valence-electron chi connectivity index (χ4n) is 4.22. The summed E-state index contributed by atoms with van der Waals surface area (Å²) in [5, 5.41) is 0. The number of hydrogen-bond acceptors (Lipinski definition) is 9. The molecule has 3 aromatic carbocycles. The third-order valence-corrected chi connectivity index (χ3v) is 8.99. The lowest BCUT2D eigenvalue weighted by molar-refractivity contribution is -0.181. The van der Waals surface area contributed by atoms with Gasteiger partial charge in [0.05, 0.1) is 21.4 Å². The monoisotopic (exact) mass is 649 g/mol. The molecule has 0 aromatic heterocycles. The van der Waals surface area contributed by atoms with Crippen LogP contribution in [0, 0.1) is 0 Å². The first kappa shape index (κ1) is 33.8. The molecule has 236 valence electrons. The molecule has 0 radical (unpaired) electrons. The molecule has 45 heavy (non-hydrogen) atoms. The maximum atomic E-state index is 13.5. The Morgan fingerprint density at radius 2 is 1.20 bits per heavy atom. The SMILES string of the molecule is C=CCS[C@H]1O[C@H](/C=N/[S@](=O)C(C)(C)C)[C@H](OC(=O)c2ccccc2)[C@H](OC(=O)c2ccccc2)[C@H]1OC(=O)c1ccccc1. The number of hydrogen-bond donors (Lipinski definition) is 0. The Labute approximate surface area is 269 Å². The summed E-state index contributed by atoms with van der Waals surface area (Å²) in [7, 11) is -1.68. The summed E-state index contributed by atoms with van der Waals surface area (Å²) < 4.78 is 40.8. The largest absolute Gasteiger partial charge is 0.451 e. The van der Waals surface area contributed by atoms with Gasteiger partial charge in [0.1, 0.15) is 22.5 Å². The van der Waals surface area contributed by atoms with Crippen molar-refractivity contribution in [1.82, 2.24) is 0 Å². The van der Waals surface area contributed by atoms with Gasteiger partial charge in [-0.1, -0.05) is 60.7 Å². The summed E-state index contributed by atoms with van der Waals surface area (Å²) in [6.07, 6.45) is -2.12. The molecule has 9 nitrogen and oxygen atoms in total.